The predicted molar refractivity (Wildman–Crippen MR) is 145 cm³/mol. The van der Waals surface area contributed by atoms with Crippen LogP contribution >= 0.6 is 36.4 Å². The summed E-state index contributed by atoms with van der Waals surface area (Å²) in [5, 5.41) is 9.99. The zero-order valence-electron chi connectivity index (χ0n) is 20.2. The van der Waals surface area contributed by atoms with Gasteiger partial charge in [-0.1, -0.05) is 11.6 Å². The third-order valence-electron chi connectivity index (χ3n) is 6.71. The maximum absolute atomic E-state index is 13.7. The van der Waals surface area contributed by atoms with Gasteiger partial charge in [0, 0.05) is 44.3 Å². The van der Waals surface area contributed by atoms with Gasteiger partial charge in [-0.25, -0.2) is 13.9 Å². The van der Waals surface area contributed by atoms with Crippen molar-refractivity contribution in [3.05, 3.63) is 53.6 Å². The average Bonchev–Trinajstić information content (AvgIpc) is 2.89. The normalized spacial score (nSPS) is 18.2. The molecule has 2 N–H and O–H groups in total. The highest BCUT2D eigenvalue weighted by Gasteiger charge is 2.52. The van der Waals surface area contributed by atoms with Crippen molar-refractivity contribution in [2.75, 3.05) is 52.5 Å². The minimum absolute atomic E-state index is 0. The van der Waals surface area contributed by atoms with Crippen LogP contribution in [0.2, 0.25) is 5.02 Å². The topological polar surface area (TPSA) is 108 Å². The number of hydrogen-bond donors (Lipinski definition) is 2. The molecule has 2 fully saturated rings. The van der Waals surface area contributed by atoms with Crippen LogP contribution in [0.3, 0.4) is 0 Å². The van der Waals surface area contributed by atoms with Gasteiger partial charge in [-0.2, -0.15) is 0 Å². The molecule has 206 valence electrons. The highest BCUT2D eigenvalue weighted by atomic mass is 35.5. The molecule has 0 bridgehead atoms. The molecule has 0 aromatic heterocycles. The maximum atomic E-state index is 13.7. The lowest BCUT2D eigenvalue weighted by molar-refractivity contribution is -0.133. The lowest BCUT2D eigenvalue weighted by Gasteiger charge is -2.40. The number of carbonyl (C=O) groups excluding carboxylic acids is 1. The number of nitrogens with one attached hydrogen (secondary N) is 1. The molecular weight excluding hydrogens is 565 g/mol. The van der Waals surface area contributed by atoms with Crippen LogP contribution < -0.4 is 10.2 Å². The molecule has 0 spiro atoms. The van der Waals surface area contributed by atoms with Crippen LogP contribution in [0.1, 0.15) is 12.8 Å². The fraction of sp³-hybridized carbons (Fsp3) is 0.458. The lowest BCUT2D eigenvalue weighted by atomic mass is 9.95. The molecule has 2 heterocycles. The second-order valence-electron chi connectivity index (χ2n) is 8.76. The molecule has 0 radical (unpaired) electrons. The molecule has 0 aliphatic carbocycles. The van der Waals surface area contributed by atoms with Crippen LogP contribution in [-0.4, -0.2) is 86.6 Å². The first-order valence-electron chi connectivity index (χ1n) is 11.6. The Kier molecular flexibility index (Phi) is 11.9. The van der Waals surface area contributed by atoms with Crippen molar-refractivity contribution in [1.29, 1.82) is 0 Å². The first-order chi connectivity index (χ1) is 16.8. The second-order valence-corrected chi connectivity index (χ2v) is 11.5. The van der Waals surface area contributed by atoms with Crippen molar-refractivity contribution >= 4 is 52.2 Å². The van der Waals surface area contributed by atoms with Crippen LogP contribution in [-0.2, 0) is 19.4 Å². The minimum Gasteiger partial charge on any atom is -0.457 e. The van der Waals surface area contributed by atoms with Crippen molar-refractivity contribution in [2.45, 2.75) is 22.5 Å². The quantitative estimate of drug-likeness (QED) is 0.353. The largest absolute Gasteiger partial charge is 0.457 e. The number of amides is 1. The van der Waals surface area contributed by atoms with Gasteiger partial charge in [-0.05, 0) is 61.4 Å². The first kappa shape index (κ1) is 31.6. The second kappa shape index (κ2) is 14.0. The third kappa shape index (κ3) is 7.27. The zero-order valence-corrected chi connectivity index (χ0v) is 23.4. The third-order valence-corrected chi connectivity index (χ3v) is 9.48. The van der Waals surface area contributed by atoms with Crippen molar-refractivity contribution in [3.63, 3.8) is 0 Å². The monoisotopic (exact) mass is 595 g/mol. The van der Waals surface area contributed by atoms with E-state index < -0.39 is 20.5 Å². The fourth-order valence-electron chi connectivity index (χ4n) is 4.52. The van der Waals surface area contributed by atoms with Crippen LogP contribution in [0, 0.1) is 0 Å². The van der Waals surface area contributed by atoms with Crippen molar-refractivity contribution in [1.82, 2.24) is 15.3 Å². The SMILES string of the molecule is Cl.Cl.O=C(NO)C1(S(=O)(=O)c2ccc(Oc3ccc(Cl)cc3)cc2)CCN(CCN2CCOCC2)CC1. The summed E-state index contributed by atoms with van der Waals surface area (Å²) in [6, 6.07) is 12.8. The molecular formula is C24H32Cl3N3O6S. The molecule has 2 aromatic carbocycles. The van der Waals surface area contributed by atoms with Crippen molar-refractivity contribution in [3.8, 4) is 11.5 Å². The molecule has 9 nitrogen and oxygen atoms in total. The van der Waals surface area contributed by atoms with E-state index in [4.69, 9.17) is 21.1 Å². The maximum Gasteiger partial charge on any atom is 0.265 e. The van der Waals surface area contributed by atoms with Gasteiger partial charge in [-0.15, -0.1) is 24.8 Å². The predicted octanol–water partition coefficient (Wildman–Crippen LogP) is 3.42. The van der Waals surface area contributed by atoms with Crippen LogP contribution in [0.15, 0.2) is 53.4 Å². The number of rotatable bonds is 8. The number of benzene rings is 2. The van der Waals surface area contributed by atoms with Gasteiger partial charge in [0.2, 0.25) is 0 Å². The van der Waals surface area contributed by atoms with E-state index in [-0.39, 0.29) is 42.6 Å². The molecule has 0 atom stereocenters. The van der Waals surface area contributed by atoms with Crippen LogP contribution in [0.4, 0.5) is 0 Å². The Morgan fingerprint density at radius 1 is 0.919 bits per heavy atom. The van der Waals surface area contributed by atoms with Crippen molar-refractivity contribution in [2.24, 2.45) is 0 Å². The molecule has 13 heteroatoms. The summed E-state index contributed by atoms with van der Waals surface area (Å²) in [5.74, 6) is 0.113. The van der Waals surface area contributed by atoms with Gasteiger partial charge in [-0.3, -0.25) is 14.9 Å². The van der Waals surface area contributed by atoms with Gasteiger partial charge in [0.05, 0.1) is 18.1 Å². The Labute approximate surface area is 234 Å². The Morgan fingerprint density at radius 3 is 1.92 bits per heavy atom. The highest BCUT2D eigenvalue weighted by molar-refractivity contribution is 7.93. The van der Waals surface area contributed by atoms with E-state index in [1.54, 1.807) is 41.9 Å². The fourth-order valence-corrected chi connectivity index (χ4v) is 6.60. The smallest absolute Gasteiger partial charge is 0.265 e. The van der Waals surface area contributed by atoms with E-state index in [0.29, 0.717) is 29.6 Å². The van der Waals surface area contributed by atoms with E-state index in [1.165, 1.54) is 12.1 Å². The zero-order chi connectivity index (χ0) is 24.9. The summed E-state index contributed by atoms with van der Waals surface area (Å²) in [6.45, 7) is 5.75. The summed E-state index contributed by atoms with van der Waals surface area (Å²) < 4.78 is 36.7. The Hall–Kier alpha value is -1.63. The molecule has 2 aromatic rings. The number of piperidine rings is 1. The van der Waals surface area contributed by atoms with E-state index in [1.807, 2.05) is 0 Å². The first-order valence-corrected chi connectivity index (χ1v) is 13.5. The molecule has 0 saturated carbocycles. The van der Waals surface area contributed by atoms with E-state index in [0.717, 1.165) is 39.4 Å². The number of likely N-dealkylation sites (tertiary alicyclic amines) is 1. The van der Waals surface area contributed by atoms with E-state index in [9.17, 15) is 18.4 Å². The molecule has 2 aliphatic heterocycles. The molecule has 4 rings (SSSR count). The van der Waals surface area contributed by atoms with E-state index in [2.05, 4.69) is 9.80 Å². The number of morpholine rings is 1. The molecule has 2 saturated heterocycles. The van der Waals surface area contributed by atoms with Gasteiger partial charge < -0.3 is 14.4 Å². The van der Waals surface area contributed by atoms with Crippen LogP contribution in [0.25, 0.3) is 0 Å². The molecule has 2 aliphatic rings. The molecule has 0 unspecified atom stereocenters. The lowest BCUT2D eigenvalue weighted by Crippen LogP contribution is -2.58. The van der Waals surface area contributed by atoms with Crippen LogP contribution in [0.5, 0.6) is 11.5 Å². The number of nitrogens with zero attached hydrogens (tertiary/aromatic N) is 2. The number of carbonyl (C=O) groups is 1. The highest BCUT2D eigenvalue weighted by Crippen LogP contribution is 2.37. The van der Waals surface area contributed by atoms with E-state index >= 15 is 0 Å². The number of hydrogen-bond acceptors (Lipinski definition) is 8. The molecule has 1 amide bonds. The standard InChI is InChI=1S/C24H30ClN3O6S.2ClH/c25-19-1-3-20(4-2-19)34-21-5-7-22(8-6-21)35(31,32)24(23(29)26-30)9-11-27(12-10-24)13-14-28-15-17-33-18-16-28;;/h1-8,30H,9-18H2,(H,26,29);2*1H. The Bertz CT molecular complexity index is 1110. The average molecular weight is 597 g/mol. The van der Waals surface area contributed by atoms with Gasteiger partial charge in [0.1, 0.15) is 11.5 Å². The number of halogens is 3. The number of hydroxylamine groups is 1. The summed E-state index contributed by atoms with van der Waals surface area (Å²) >= 11 is 5.89. The molecule has 37 heavy (non-hydrogen) atoms. The summed E-state index contributed by atoms with van der Waals surface area (Å²) in [6.07, 6.45) is 0.182. The Morgan fingerprint density at radius 2 is 1.41 bits per heavy atom. The van der Waals surface area contributed by atoms with Gasteiger partial charge >= 0.3 is 0 Å². The Balaban J connectivity index is 0.00000241. The summed E-state index contributed by atoms with van der Waals surface area (Å²) in [5.41, 5.74) is 1.60. The summed E-state index contributed by atoms with van der Waals surface area (Å²) in [7, 11) is -4.09. The van der Waals surface area contributed by atoms with Gasteiger partial charge in [0.15, 0.2) is 14.6 Å². The van der Waals surface area contributed by atoms with Crippen molar-refractivity contribution < 1.29 is 27.9 Å². The number of sulfone groups is 1. The van der Waals surface area contributed by atoms with Gasteiger partial charge in [0.25, 0.3) is 5.91 Å². The number of ether oxygens (including phenoxy) is 2. The summed E-state index contributed by atoms with van der Waals surface area (Å²) in [4.78, 5) is 17.2. The minimum atomic E-state index is -4.09.